The minimum atomic E-state index is 0.598. The Kier molecular flexibility index (Phi) is 2.08. The predicted molar refractivity (Wildman–Crippen MR) is 67.6 cm³/mol. The summed E-state index contributed by atoms with van der Waals surface area (Å²) in [5.41, 5.74) is 10.5. The summed E-state index contributed by atoms with van der Waals surface area (Å²) in [6, 6.07) is 8.20. The fourth-order valence-corrected chi connectivity index (χ4v) is 1.93. The molecule has 3 aromatic rings. The molecule has 0 bridgehead atoms. The molecule has 4 heteroatoms. The molecule has 0 fully saturated rings. The van der Waals surface area contributed by atoms with Gasteiger partial charge in [-0.25, -0.2) is 9.50 Å². The first-order valence-electron chi connectivity index (χ1n) is 5.40. The maximum Gasteiger partial charge on any atom is 0.178 e. The van der Waals surface area contributed by atoms with Crippen molar-refractivity contribution in [2.75, 3.05) is 5.73 Å². The zero-order chi connectivity index (χ0) is 11.8. The quantitative estimate of drug-likeness (QED) is 0.690. The van der Waals surface area contributed by atoms with Gasteiger partial charge in [-0.1, -0.05) is 24.3 Å². The minimum Gasteiger partial charge on any atom is -0.394 e. The van der Waals surface area contributed by atoms with Gasteiger partial charge in [-0.3, -0.25) is 0 Å². The second kappa shape index (κ2) is 3.59. The Hall–Kier alpha value is -2.36. The lowest BCUT2D eigenvalue weighted by Crippen LogP contribution is -1.94. The van der Waals surface area contributed by atoms with Gasteiger partial charge in [-0.05, 0) is 18.1 Å². The monoisotopic (exact) mass is 224 g/mol. The Morgan fingerprint density at radius 1 is 1.18 bits per heavy atom. The third-order valence-electron chi connectivity index (χ3n) is 2.84. The van der Waals surface area contributed by atoms with Gasteiger partial charge in [-0.2, -0.15) is 5.10 Å². The maximum absolute atomic E-state index is 5.75. The molecule has 0 saturated heterocycles. The largest absolute Gasteiger partial charge is 0.394 e. The summed E-state index contributed by atoms with van der Waals surface area (Å²) >= 11 is 0. The number of rotatable bonds is 1. The Morgan fingerprint density at radius 2 is 2.00 bits per heavy atom. The van der Waals surface area contributed by atoms with E-state index in [2.05, 4.69) is 29.1 Å². The summed E-state index contributed by atoms with van der Waals surface area (Å²) < 4.78 is 1.71. The zero-order valence-electron chi connectivity index (χ0n) is 9.46. The van der Waals surface area contributed by atoms with Crippen molar-refractivity contribution >= 4 is 11.3 Å². The lowest BCUT2D eigenvalue weighted by atomic mass is 10.0. The molecule has 0 unspecified atom stereocenters. The molecule has 0 atom stereocenters. The highest BCUT2D eigenvalue weighted by Gasteiger charge is 2.05. The Balaban J connectivity index is 2.22. The van der Waals surface area contributed by atoms with E-state index in [1.807, 2.05) is 24.5 Å². The SMILES string of the molecule is Cc1ccccc1-c1cnc2c(N)cnn2c1. The first-order valence-corrected chi connectivity index (χ1v) is 5.40. The second-order valence-corrected chi connectivity index (χ2v) is 4.03. The number of nitrogens with zero attached hydrogens (tertiary/aromatic N) is 3. The van der Waals surface area contributed by atoms with Crippen molar-refractivity contribution in [3.05, 3.63) is 48.4 Å². The van der Waals surface area contributed by atoms with Crippen LogP contribution in [0, 0.1) is 6.92 Å². The van der Waals surface area contributed by atoms with Gasteiger partial charge in [0.05, 0.1) is 11.9 Å². The molecule has 2 aromatic heterocycles. The van der Waals surface area contributed by atoms with Gasteiger partial charge in [0.25, 0.3) is 0 Å². The van der Waals surface area contributed by atoms with Gasteiger partial charge in [-0.15, -0.1) is 0 Å². The Bertz CT molecular complexity index is 685. The highest BCUT2D eigenvalue weighted by Crippen LogP contribution is 2.23. The molecule has 0 aliphatic carbocycles. The van der Waals surface area contributed by atoms with Crippen molar-refractivity contribution < 1.29 is 0 Å². The number of hydrogen-bond acceptors (Lipinski definition) is 3. The van der Waals surface area contributed by atoms with Crippen LogP contribution in [0.2, 0.25) is 0 Å². The molecule has 1 aromatic carbocycles. The third kappa shape index (κ3) is 1.54. The van der Waals surface area contributed by atoms with Crippen LogP contribution in [0.5, 0.6) is 0 Å². The number of aryl methyl sites for hydroxylation is 1. The highest BCUT2D eigenvalue weighted by atomic mass is 15.2. The van der Waals surface area contributed by atoms with Crippen LogP contribution in [-0.4, -0.2) is 14.6 Å². The van der Waals surface area contributed by atoms with E-state index in [9.17, 15) is 0 Å². The molecule has 0 amide bonds. The summed E-state index contributed by atoms with van der Waals surface area (Å²) in [5.74, 6) is 0. The van der Waals surface area contributed by atoms with Crippen LogP contribution in [0.3, 0.4) is 0 Å². The first kappa shape index (κ1) is 9.84. The fraction of sp³-hybridized carbons (Fsp3) is 0.0769. The standard InChI is InChI=1S/C13H12N4/c1-9-4-2-3-5-11(9)10-6-15-13-12(14)7-16-17(13)8-10/h2-8H,14H2,1H3. The molecule has 0 radical (unpaired) electrons. The second-order valence-electron chi connectivity index (χ2n) is 4.03. The van der Waals surface area contributed by atoms with Crippen LogP contribution < -0.4 is 5.73 Å². The van der Waals surface area contributed by atoms with E-state index >= 15 is 0 Å². The van der Waals surface area contributed by atoms with Crippen molar-refractivity contribution in [1.29, 1.82) is 0 Å². The minimum absolute atomic E-state index is 0.598. The Morgan fingerprint density at radius 3 is 2.82 bits per heavy atom. The number of nitrogen functional groups attached to an aromatic ring is 1. The van der Waals surface area contributed by atoms with E-state index in [1.54, 1.807) is 10.7 Å². The van der Waals surface area contributed by atoms with E-state index in [0.29, 0.717) is 11.3 Å². The van der Waals surface area contributed by atoms with Crippen LogP contribution in [0.15, 0.2) is 42.9 Å². The summed E-state index contributed by atoms with van der Waals surface area (Å²) in [6.07, 6.45) is 5.39. The molecule has 0 saturated carbocycles. The van der Waals surface area contributed by atoms with E-state index in [0.717, 1.165) is 11.1 Å². The normalized spacial score (nSPS) is 10.9. The predicted octanol–water partition coefficient (Wildman–Crippen LogP) is 2.29. The zero-order valence-corrected chi connectivity index (χ0v) is 9.46. The van der Waals surface area contributed by atoms with Crippen molar-refractivity contribution in [2.45, 2.75) is 6.92 Å². The van der Waals surface area contributed by atoms with Gasteiger partial charge in [0.15, 0.2) is 5.65 Å². The summed E-state index contributed by atoms with van der Waals surface area (Å²) in [7, 11) is 0. The van der Waals surface area contributed by atoms with Gasteiger partial charge in [0.1, 0.15) is 0 Å². The van der Waals surface area contributed by atoms with Crippen molar-refractivity contribution in [3.8, 4) is 11.1 Å². The van der Waals surface area contributed by atoms with Crippen LogP contribution in [0.25, 0.3) is 16.8 Å². The molecule has 0 aliphatic heterocycles. The molecular formula is C13H12N4. The Labute approximate surface area is 98.7 Å². The summed E-state index contributed by atoms with van der Waals surface area (Å²) in [4.78, 5) is 4.33. The van der Waals surface area contributed by atoms with Gasteiger partial charge >= 0.3 is 0 Å². The molecular weight excluding hydrogens is 212 g/mol. The number of aromatic nitrogens is 3. The summed E-state index contributed by atoms with van der Waals surface area (Å²) in [6.45, 7) is 2.08. The van der Waals surface area contributed by atoms with E-state index in [-0.39, 0.29) is 0 Å². The molecule has 17 heavy (non-hydrogen) atoms. The van der Waals surface area contributed by atoms with Gasteiger partial charge in [0, 0.05) is 18.0 Å². The fourth-order valence-electron chi connectivity index (χ4n) is 1.93. The van der Waals surface area contributed by atoms with Crippen molar-refractivity contribution in [3.63, 3.8) is 0 Å². The molecule has 0 spiro atoms. The third-order valence-corrected chi connectivity index (χ3v) is 2.84. The average molecular weight is 224 g/mol. The van der Waals surface area contributed by atoms with Crippen LogP contribution in [-0.2, 0) is 0 Å². The van der Waals surface area contributed by atoms with Gasteiger partial charge < -0.3 is 5.73 Å². The molecule has 0 aliphatic rings. The van der Waals surface area contributed by atoms with Crippen LogP contribution >= 0.6 is 0 Å². The van der Waals surface area contributed by atoms with E-state index < -0.39 is 0 Å². The van der Waals surface area contributed by atoms with E-state index in [4.69, 9.17) is 5.73 Å². The van der Waals surface area contributed by atoms with Crippen LogP contribution in [0.4, 0.5) is 5.69 Å². The lowest BCUT2D eigenvalue weighted by Gasteiger charge is -2.05. The molecule has 4 nitrogen and oxygen atoms in total. The molecule has 3 rings (SSSR count). The topological polar surface area (TPSA) is 56.2 Å². The van der Waals surface area contributed by atoms with Crippen LogP contribution in [0.1, 0.15) is 5.56 Å². The van der Waals surface area contributed by atoms with Crippen molar-refractivity contribution in [2.24, 2.45) is 0 Å². The summed E-state index contributed by atoms with van der Waals surface area (Å²) in [5, 5.41) is 4.16. The molecule has 84 valence electrons. The smallest absolute Gasteiger partial charge is 0.178 e. The number of hydrogen-bond donors (Lipinski definition) is 1. The maximum atomic E-state index is 5.75. The molecule has 2 heterocycles. The number of anilines is 1. The number of nitrogens with two attached hydrogens (primary N) is 1. The highest BCUT2D eigenvalue weighted by molar-refractivity contribution is 5.69. The van der Waals surface area contributed by atoms with Gasteiger partial charge in [0.2, 0.25) is 0 Å². The number of benzene rings is 1. The number of fused-ring (bicyclic) bond motifs is 1. The lowest BCUT2D eigenvalue weighted by molar-refractivity contribution is 0.941. The van der Waals surface area contributed by atoms with Crippen molar-refractivity contribution in [1.82, 2.24) is 14.6 Å². The van der Waals surface area contributed by atoms with E-state index in [1.165, 1.54) is 5.56 Å². The molecule has 2 N–H and O–H groups in total. The average Bonchev–Trinajstić information content (AvgIpc) is 2.71. The first-order chi connectivity index (χ1) is 8.25.